The first-order chi connectivity index (χ1) is 19.7. The van der Waals surface area contributed by atoms with E-state index in [0.29, 0.717) is 29.5 Å². The number of thioether (sulfide) groups is 1. The third kappa shape index (κ3) is 7.01. The molecule has 0 N–H and O–H groups in total. The van der Waals surface area contributed by atoms with Crippen LogP contribution in [-0.2, 0) is 16.0 Å². The number of aryl methyl sites for hydroxylation is 2. The number of hydrogen-bond donors (Lipinski definition) is 0. The minimum Gasteiger partial charge on any atom is -0.406 e. The summed E-state index contributed by atoms with van der Waals surface area (Å²) < 4.78 is 42.6. The highest BCUT2D eigenvalue weighted by molar-refractivity contribution is 8.15. The number of rotatable bonds is 8. The van der Waals surface area contributed by atoms with Crippen LogP contribution in [0.1, 0.15) is 24.0 Å². The molecule has 2 heterocycles. The standard InChI is InChI=1S/C29H24F3N5O3S/c1-19-6-2-3-10-24(19)37-26(39)17-41-28(37)34-25(38)11-5-8-20-7-4-9-21(16-20)27-33-18-36(35-27)22-12-14-23(15-13-22)40-29(30,31)32/h2-4,6-7,9-10,12-16,18H,5,8,11,17H2,1H3. The number of amides is 2. The van der Waals surface area contributed by atoms with Gasteiger partial charge in [-0.25, -0.2) is 9.67 Å². The smallest absolute Gasteiger partial charge is 0.406 e. The van der Waals surface area contributed by atoms with E-state index < -0.39 is 6.36 Å². The molecule has 3 aromatic carbocycles. The molecule has 1 saturated heterocycles. The van der Waals surface area contributed by atoms with E-state index in [0.717, 1.165) is 22.4 Å². The zero-order valence-corrected chi connectivity index (χ0v) is 22.7. The van der Waals surface area contributed by atoms with Crippen LogP contribution in [-0.4, -0.2) is 43.9 Å². The van der Waals surface area contributed by atoms with Gasteiger partial charge in [0.05, 0.1) is 17.1 Å². The minimum atomic E-state index is -4.76. The van der Waals surface area contributed by atoms with E-state index in [1.807, 2.05) is 55.5 Å². The SMILES string of the molecule is Cc1ccccc1N1C(=O)CSC1=NC(=O)CCCc1cccc(-c2ncn(-c3ccc(OC(F)(F)F)cc3)n2)c1. The highest BCUT2D eigenvalue weighted by atomic mass is 32.2. The Balaban J connectivity index is 1.19. The zero-order chi connectivity index (χ0) is 29.0. The molecule has 1 fully saturated rings. The van der Waals surface area contributed by atoms with Gasteiger partial charge in [-0.1, -0.05) is 48.2 Å². The minimum absolute atomic E-state index is 0.101. The van der Waals surface area contributed by atoms with Crippen LogP contribution in [0.5, 0.6) is 5.75 Å². The maximum absolute atomic E-state index is 12.6. The summed E-state index contributed by atoms with van der Waals surface area (Å²) in [6.07, 6.45) is -1.86. The molecular weight excluding hydrogens is 555 g/mol. The van der Waals surface area contributed by atoms with Crippen molar-refractivity contribution in [2.24, 2.45) is 4.99 Å². The molecule has 41 heavy (non-hydrogen) atoms. The number of hydrogen-bond acceptors (Lipinski definition) is 6. The first-order valence-electron chi connectivity index (χ1n) is 12.7. The van der Waals surface area contributed by atoms with Crippen molar-refractivity contribution < 1.29 is 27.5 Å². The number of anilines is 1. The van der Waals surface area contributed by atoms with Crippen LogP contribution in [0.15, 0.2) is 84.1 Å². The number of halogens is 3. The molecule has 12 heteroatoms. The van der Waals surface area contributed by atoms with Gasteiger partial charge in [-0.3, -0.25) is 14.5 Å². The van der Waals surface area contributed by atoms with Gasteiger partial charge >= 0.3 is 6.36 Å². The van der Waals surface area contributed by atoms with Gasteiger partial charge in [0.15, 0.2) is 11.0 Å². The van der Waals surface area contributed by atoms with Crippen LogP contribution in [0.3, 0.4) is 0 Å². The van der Waals surface area contributed by atoms with Crippen molar-refractivity contribution >= 4 is 34.4 Å². The molecular formula is C29H24F3N5O3S. The lowest BCUT2D eigenvalue weighted by Gasteiger charge is -2.18. The van der Waals surface area contributed by atoms with E-state index in [1.54, 1.807) is 0 Å². The number of ether oxygens (including phenoxy) is 1. The predicted molar refractivity (Wildman–Crippen MR) is 150 cm³/mol. The predicted octanol–water partition coefficient (Wildman–Crippen LogP) is 6.13. The van der Waals surface area contributed by atoms with Crippen molar-refractivity contribution in [3.05, 3.63) is 90.3 Å². The van der Waals surface area contributed by atoms with Gasteiger partial charge in [0.1, 0.15) is 12.1 Å². The lowest BCUT2D eigenvalue weighted by Crippen LogP contribution is -2.30. The van der Waals surface area contributed by atoms with E-state index >= 15 is 0 Å². The van der Waals surface area contributed by atoms with Gasteiger partial charge < -0.3 is 4.74 Å². The fraction of sp³-hybridized carbons (Fsp3) is 0.207. The number of para-hydroxylation sites is 1. The Morgan fingerprint density at radius 2 is 1.85 bits per heavy atom. The summed E-state index contributed by atoms with van der Waals surface area (Å²) in [5.74, 6) is -0.0166. The van der Waals surface area contributed by atoms with E-state index in [-0.39, 0.29) is 29.7 Å². The molecule has 2 amide bonds. The second kappa shape index (κ2) is 12.0. The number of aromatic nitrogens is 3. The third-order valence-electron chi connectivity index (χ3n) is 6.21. The second-order valence-electron chi connectivity index (χ2n) is 9.20. The summed E-state index contributed by atoms with van der Waals surface area (Å²) in [6.45, 7) is 1.91. The van der Waals surface area contributed by atoms with Crippen LogP contribution in [0, 0.1) is 6.92 Å². The summed E-state index contributed by atoms with van der Waals surface area (Å²) in [6, 6.07) is 20.4. The van der Waals surface area contributed by atoms with Gasteiger partial charge in [-0.05, 0) is 67.3 Å². The summed E-state index contributed by atoms with van der Waals surface area (Å²) in [7, 11) is 0. The van der Waals surface area contributed by atoms with Crippen LogP contribution in [0.2, 0.25) is 0 Å². The molecule has 210 valence electrons. The molecule has 0 bridgehead atoms. The maximum atomic E-state index is 12.6. The molecule has 5 rings (SSSR count). The number of aliphatic imine (C=N–C) groups is 1. The average Bonchev–Trinajstić information content (AvgIpc) is 3.56. The van der Waals surface area contributed by atoms with Crippen molar-refractivity contribution in [2.45, 2.75) is 32.5 Å². The van der Waals surface area contributed by atoms with Crippen molar-refractivity contribution in [3.63, 3.8) is 0 Å². The lowest BCUT2D eigenvalue weighted by molar-refractivity contribution is -0.274. The molecule has 0 atom stereocenters. The highest BCUT2D eigenvalue weighted by Crippen LogP contribution is 2.29. The van der Waals surface area contributed by atoms with E-state index in [9.17, 15) is 22.8 Å². The maximum Gasteiger partial charge on any atom is 0.573 e. The largest absolute Gasteiger partial charge is 0.573 e. The summed E-state index contributed by atoms with van der Waals surface area (Å²) in [5.41, 5.74) is 3.93. The monoisotopic (exact) mass is 579 g/mol. The van der Waals surface area contributed by atoms with Crippen LogP contribution in [0.25, 0.3) is 17.1 Å². The Labute approximate surface area is 237 Å². The first-order valence-corrected chi connectivity index (χ1v) is 13.6. The normalized spacial score (nSPS) is 14.6. The van der Waals surface area contributed by atoms with Gasteiger partial charge in [-0.15, -0.1) is 18.3 Å². The number of carbonyl (C=O) groups excluding carboxylic acids is 2. The molecule has 1 aliphatic rings. The third-order valence-corrected chi connectivity index (χ3v) is 7.13. The quantitative estimate of drug-likeness (QED) is 0.250. The van der Waals surface area contributed by atoms with Gasteiger partial charge in [0.25, 0.3) is 0 Å². The fourth-order valence-electron chi connectivity index (χ4n) is 4.29. The van der Waals surface area contributed by atoms with Gasteiger partial charge in [0, 0.05) is 12.0 Å². The molecule has 1 aliphatic heterocycles. The topological polar surface area (TPSA) is 89.7 Å². The lowest BCUT2D eigenvalue weighted by atomic mass is 10.0. The molecule has 0 radical (unpaired) electrons. The van der Waals surface area contributed by atoms with Crippen molar-refractivity contribution in [1.29, 1.82) is 0 Å². The number of carbonyl (C=O) groups is 2. The molecule has 8 nitrogen and oxygen atoms in total. The van der Waals surface area contributed by atoms with Gasteiger partial charge in [-0.2, -0.15) is 4.99 Å². The van der Waals surface area contributed by atoms with E-state index in [1.165, 1.54) is 51.9 Å². The molecule has 4 aromatic rings. The van der Waals surface area contributed by atoms with Crippen LogP contribution >= 0.6 is 11.8 Å². The summed E-state index contributed by atoms with van der Waals surface area (Å²) >= 11 is 1.26. The number of amidine groups is 1. The Hall–Kier alpha value is -4.45. The summed E-state index contributed by atoms with van der Waals surface area (Å²) in [4.78, 5) is 35.2. The Bertz CT molecular complexity index is 1600. The Morgan fingerprint density at radius 3 is 2.61 bits per heavy atom. The molecule has 0 aliphatic carbocycles. The van der Waals surface area contributed by atoms with Crippen molar-refractivity contribution in [2.75, 3.05) is 10.7 Å². The Morgan fingerprint density at radius 1 is 1.07 bits per heavy atom. The van der Waals surface area contributed by atoms with E-state index in [2.05, 4.69) is 19.8 Å². The van der Waals surface area contributed by atoms with Crippen molar-refractivity contribution in [1.82, 2.24) is 14.8 Å². The Kier molecular flexibility index (Phi) is 8.20. The molecule has 0 spiro atoms. The summed E-state index contributed by atoms with van der Waals surface area (Å²) in [5, 5.41) is 4.85. The first kappa shape index (κ1) is 28.1. The molecule has 0 saturated carbocycles. The van der Waals surface area contributed by atoms with E-state index in [4.69, 9.17) is 0 Å². The zero-order valence-electron chi connectivity index (χ0n) is 21.8. The number of nitrogens with zero attached hydrogens (tertiary/aromatic N) is 5. The van der Waals surface area contributed by atoms with Crippen molar-refractivity contribution in [3.8, 4) is 22.8 Å². The molecule has 1 aromatic heterocycles. The fourth-order valence-corrected chi connectivity index (χ4v) is 5.17. The number of alkyl halides is 3. The van der Waals surface area contributed by atoms with Crippen LogP contribution < -0.4 is 9.64 Å². The number of benzene rings is 3. The molecule has 0 unspecified atom stereocenters. The second-order valence-corrected chi connectivity index (χ2v) is 10.1. The van der Waals surface area contributed by atoms with Gasteiger partial charge in [0.2, 0.25) is 11.8 Å². The van der Waals surface area contributed by atoms with Crippen LogP contribution in [0.4, 0.5) is 18.9 Å². The highest BCUT2D eigenvalue weighted by Gasteiger charge is 2.32. The average molecular weight is 580 g/mol.